The lowest BCUT2D eigenvalue weighted by Crippen LogP contribution is -2.26. The van der Waals surface area contributed by atoms with E-state index in [1.165, 1.54) is 19.3 Å². The van der Waals surface area contributed by atoms with Gasteiger partial charge in [-0.1, -0.05) is 19.9 Å². The molecule has 3 nitrogen and oxygen atoms in total. The van der Waals surface area contributed by atoms with Gasteiger partial charge in [0.05, 0.1) is 18.4 Å². The molecule has 1 N–H and O–H groups in total. The van der Waals surface area contributed by atoms with Crippen molar-refractivity contribution < 1.29 is 4.74 Å². The average Bonchev–Trinajstić information content (AvgIpc) is 2.35. The Labute approximate surface area is 110 Å². The van der Waals surface area contributed by atoms with E-state index < -0.39 is 0 Å². The first-order valence-electron chi connectivity index (χ1n) is 6.92. The molecule has 1 saturated carbocycles. The van der Waals surface area contributed by atoms with Crippen molar-refractivity contribution >= 4 is 5.82 Å². The first-order valence-corrected chi connectivity index (χ1v) is 6.92. The summed E-state index contributed by atoms with van der Waals surface area (Å²) < 4.78 is 6.02. The minimum Gasteiger partial charge on any atom is -0.373 e. The SMILES string of the molecule is CNc1cccc(COC2CC(C)CC(C)C2)n1. The minimum absolute atomic E-state index is 0.406. The van der Waals surface area contributed by atoms with Gasteiger partial charge < -0.3 is 10.1 Å². The highest BCUT2D eigenvalue weighted by Crippen LogP contribution is 2.30. The normalized spacial score (nSPS) is 28.1. The molecule has 0 amide bonds. The van der Waals surface area contributed by atoms with E-state index in [2.05, 4.69) is 24.1 Å². The molecule has 0 bridgehead atoms. The standard InChI is InChI=1S/C15H24N2O/c1-11-7-12(2)9-14(8-11)18-10-13-5-4-6-15(16-3)17-13/h4-6,11-12,14H,7-10H2,1-3H3,(H,16,17). The van der Waals surface area contributed by atoms with E-state index in [0.29, 0.717) is 12.7 Å². The van der Waals surface area contributed by atoms with Crippen LogP contribution in [0.15, 0.2) is 18.2 Å². The van der Waals surface area contributed by atoms with E-state index in [4.69, 9.17) is 4.74 Å². The van der Waals surface area contributed by atoms with Gasteiger partial charge >= 0.3 is 0 Å². The highest BCUT2D eigenvalue weighted by molar-refractivity contribution is 5.34. The van der Waals surface area contributed by atoms with Crippen LogP contribution in [0.25, 0.3) is 0 Å². The van der Waals surface area contributed by atoms with E-state index in [9.17, 15) is 0 Å². The fraction of sp³-hybridized carbons (Fsp3) is 0.667. The smallest absolute Gasteiger partial charge is 0.126 e. The maximum Gasteiger partial charge on any atom is 0.126 e. The molecule has 1 fully saturated rings. The van der Waals surface area contributed by atoms with Crippen molar-refractivity contribution in [2.75, 3.05) is 12.4 Å². The maximum absolute atomic E-state index is 6.02. The second kappa shape index (κ2) is 6.19. The third-order valence-electron chi connectivity index (χ3n) is 3.67. The highest BCUT2D eigenvalue weighted by Gasteiger charge is 2.24. The monoisotopic (exact) mass is 248 g/mol. The van der Waals surface area contributed by atoms with E-state index in [-0.39, 0.29) is 0 Å². The predicted molar refractivity (Wildman–Crippen MR) is 74.5 cm³/mol. The van der Waals surface area contributed by atoms with Crippen LogP contribution in [-0.2, 0) is 11.3 Å². The van der Waals surface area contributed by atoms with Gasteiger partial charge in [-0.25, -0.2) is 4.98 Å². The number of pyridine rings is 1. The molecule has 0 aliphatic heterocycles. The van der Waals surface area contributed by atoms with Crippen molar-refractivity contribution in [2.24, 2.45) is 11.8 Å². The van der Waals surface area contributed by atoms with Crippen molar-refractivity contribution in [2.45, 2.75) is 45.8 Å². The van der Waals surface area contributed by atoms with Gasteiger partial charge in [-0.2, -0.15) is 0 Å². The number of nitrogens with zero attached hydrogens (tertiary/aromatic N) is 1. The Morgan fingerprint density at radius 1 is 1.22 bits per heavy atom. The maximum atomic E-state index is 6.02. The van der Waals surface area contributed by atoms with Crippen LogP contribution in [0.3, 0.4) is 0 Å². The van der Waals surface area contributed by atoms with Crippen LogP contribution in [0, 0.1) is 11.8 Å². The number of anilines is 1. The molecule has 18 heavy (non-hydrogen) atoms. The molecule has 0 aromatic carbocycles. The molecule has 1 heterocycles. The van der Waals surface area contributed by atoms with Crippen LogP contribution in [-0.4, -0.2) is 18.1 Å². The molecule has 1 aromatic rings. The lowest BCUT2D eigenvalue weighted by Gasteiger charge is -2.31. The van der Waals surface area contributed by atoms with Crippen LogP contribution in [0.1, 0.15) is 38.8 Å². The first-order chi connectivity index (χ1) is 8.67. The van der Waals surface area contributed by atoms with Crippen molar-refractivity contribution in [1.29, 1.82) is 0 Å². The zero-order valence-corrected chi connectivity index (χ0v) is 11.6. The van der Waals surface area contributed by atoms with Crippen LogP contribution in [0.2, 0.25) is 0 Å². The van der Waals surface area contributed by atoms with Gasteiger partial charge in [-0.3, -0.25) is 0 Å². The summed E-state index contributed by atoms with van der Waals surface area (Å²) in [6.07, 6.45) is 4.13. The number of rotatable bonds is 4. The molecule has 2 atom stereocenters. The summed E-state index contributed by atoms with van der Waals surface area (Å²) in [6.45, 7) is 5.28. The topological polar surface area (TPSA) is 34.1 Å². The van der Waals surface area contributed by atoms with Crippen molar-refractivity contribution in [3.05, 3.63) is 23.9 Å². The van der Waals surface area contributed by atoms with E-state index >= 15 is 0 Å². The summed E-state index contributed by atoms with van der Waals surface area (Å²) in [5.41, 5.74) is 1.01. The fourth-order valence-electron chi connectivity index (χ4n) is 2.91. The highest BCUT2D eigenvalue weighted by atomic mass is 16.5. The molecule has 1 aliphatic rings. The molecule has 0 radical (unpaired) electrons. The third-order valence-corrected chi connectivity index (χ3v) is 3.67. The molecule has 100 valence electrons. The van der Waals surface area contributed by atoms with Gasteiger partial charge in [0.1, 0.15) is 5.82 Å². The van der Waals surface area contributed by atoms with E-state index in [1.807, 2.05) is 25.2 Å². The lowest BCUT2D eigenvalue weighted by molar-refractivity contribution is -0.0104. The molecule has 0 spiro atoms. The number of ether oxygens (including phenoxy) is 1. The zero-order valence-electron chi connectivity index (χ0n) is 11.6. The van der Waals surface area contributed by atoms with Gasteiger partial charge in [0.2, 0.25) is 0 Å². The summed E-state index contributed by atoms with van der Waals surface area (Å²) in [5, 5.41) is 3.05. The summed E-state index contributed by atoms with van der Waals surface area (Å²) in [7, 11) is 1.89. The number of hydrogen-bond acceptors (Lipinski definition) is 3. The van der Waals surface area contributed by atoms with E-state index in [1.54, 1.807) is 0 Å². The van der Waals surface area contributed by atoms with Crippen molar-refractivity contribution in [3.8, 4) is 0 Å². The first kappa shape index (κ1) is 13.3. The fourth-order valence-corrected chi connectivity index (χ4v) is 2.91. The Bertz CT molecular complexity index is 371. The quantitative estimate of drug-likeness (QED) is 0.886. The number of aromatic nitrogens is 1. The molecule has 2 rings (SSSR count). The molecule has 1 aliphatic carbocycles. The second-order valence-corrected chi connectivity index (χ2v) is 5.61. The third kappa shape index (κ3) is 3.70. The van der Waals surface area contributed by atoms with Gasteiger partial charge in [-0.05, 0) is 43.2 Å². The van der Waals surface area contributed by atoms with Gasteiger partial charge in [0, 0.05) is 7.05 Å². The predicted octanol–water partition coefficient (Wildman–Crippen LogP) is 3.46. The van der Waals surface area contributed by atoms with Gasteiger partial charge in [-0.15, -0.1) is 0 Å². The molecular weight excluding hydrogens is 224 g/mol. The lowest BCUT2D eigenvalue weighted by atomic mass is 9.82. The Kier molecular flexibility index (Phi) is 4.59. The van der Waals surface area contributed by atoms with Crippen LogP contribution in [0.5, 0.6) is 0 Å². The average molecular weight is 248 g/mol. The van der Waals surface area contributed by atoms with E-state index in [0.717, 1.165) is 23.3 Å². The second-order valence-electron chi connectivity index (χ2n) is 5.61. The molecule has 2 unspecified atom stereocenters. The Morgan fingerprint density at radius 2 is 1.94 bits per heavy atom. The van der Waals surface area contributed by atoms with Crippen LogP contribution < -0.4 is 5.32 Å². The Hall–Kier alpha value is -1.09. The molecule has 0 saturated heterocycles. The zero-order chi connectivity index (χ0) is 13.0. The van der Waals surface area contributed by atoms with Gasteiger partial charge in [0.15, 0.2) is 0 Å². The van der Waals surface area contributed by atoms with Crippen LogP contribution in [0.4, 0.5) is 5.82 Å². The molecular formula is C15H24N2O. The summed E-state index contributed by atoms with van der Waals surface area (Å²) in [5.74, 6) is 2.48. The van der Waals surface area contributed by atoms with Crippen molar-refractivity contribution in [3.63, 3.8) is 0 Å². The summed E-state index contributed by atoms with van der Waals surface area (Å²) in [4.78, 5) is 4.48. The minimum atomic E-state index is 0.406. The number of nitrogens with one attached hydrogen (secondary N) is 1. The molecule has 3 heteroatoms. The van der Waals surface area contributed by atoms with Crippen LogP contribution >= 0.6 is 0 Å². The molecule has 1 aromatic heterocycles. The Morgan fingerprint density at radius 3 is 2.61 bits per heavy atom. The summed E-state index contributed by atoms with van der Waals surface area (Å²) in [6, 6.07) is 6.01. The largest absolute Gasteiger partial charge is 0.373 e. The van der Waals surface area contributed by atoms with Crippen molar-refractivity contribution in [1.82, 2.24) is 4.98 Å². The Balaban J connectivity index is 1.86. The number of hydrogen-bond donors (Lipinski definition) is 1. The summed E-state index contributed by atoms with van der Waals surface area (Å²) >= 11 is 0. The van der Waals surface area contributed by atoms with Gasteiger partial charge in [0.25, 0.3) is 0 Å².